The minimum atomic E-state index is -0.440. The first-order valence-corrected chi connectivity index (χ1v) is 8.62. The summed E-state index contributed by atoms with van der Waals surface area (Å²) in [7, 11) is 1.56. The second kappa shape index (κ2) is 7.00. The Morgan fingerprint density at radius 1 is 0.857 bits per heavy atom. The van der Waals surface area contributed by atoms with E-state index in [2.05, 4.69) is 5.32 Å². The van der Waals surface area contributed by atoms with Gasteiger partial charge in [0.25, 0.3) is 17.7 Å². The first-order chi connectivity index (χ1) is 13.6. The minimum absolute atomic E-state index is 0.219. The SMILES string of the molecule is COc1ccc(NC(=O)c2ccc3c(c2)C(=O)N(c2ccccc2)C3=O)cc1. The van der Waals surface area contributed by atoms with Gasteiger partial charge in [0.05, 0.1) is 23.9 Å². The molecule has 1 aliphatic rings. The number of anilines is 2. The zero-order valence-electron chi connectivity index (χ0n) is 15.0. The molecule has 0 aliphatic carbocycles. The van der Waals surface area contributed by atoms with Crippen molar-refractivity contribution in [2.75, 3.05) is 17.3 Å². The molecule has 3 amide bonds. The number of nitrogens with one attached hydrogen (secondary N) is 1. The van der Waals surface area contributed by atoms with Crippen LogP contribution in [0, 0.1) is 0 Å². The van der Waals surface area contributed by atoms with Gasteiger partial charge in [-0.3, -0.25) is 14.4 Å². The van der Waals surface area contributed by atoms with Gasteiger partial charge in [0.15, 0.2) is 0 Å². The van der Waals surface area contributed by atoms with Crippen LogP contribution in [0.4, 0.5) is 11.4 Å². The van der Waals surface area contributed by atoms with Crippen molar-refractivity contribution in [3.63, 3.8) is 0 Å². The maximum Gasteiger partial charge on any atom is 0.266 e. The van der Waals surface area contributed by atoms with Crippen LogP contribution in [0.2, 0.25) is 0 Å². The van der Waals surface area contributed by atoms with E-state index in [1.807, 2.05) is 6.07 Å². The number of methoxy groups -OCH3 is 1. The van der Waals surface area contributed by atoms with Crippen LogP contribution in [-0.4, -0.2) is 24.8 Å². The molecular weight excluding hydrogens is 356 g/mol. The van der Waals surface area contributed by atoms with E-state index in [0.717, 1.165) is 4.90 Å². The number of carbonyl (C=O) groups is 3. The first kappa shape index (κ1) is 17.5. The number of carbonyl (C=O) groups excluding carboxylic acids is 3. The lowest BCUT2D eigenvalue weighted by atomic mass is 10.1. The number of hydrogen-bond donors (Lipinski definition) is 1. The molecule has 138 valence electrons. The highest BCUT2D eigenvalue weighted by molar-refractivity contribution is 6.34. The van der Waals surface area contributed by atoms with Crippen LogP contribution in [0.15, 0.2) is 72.8 Å². The maximum absolute atomic E-state index is 12.8. The Bertz CT molecular complexity index is 1080. The summed E-state index contributed by atoms with van der Waals surface area (Å²) < 4.78 is 5.09. The second-order valence-electron chi connectivity index (χ2n) is 6.22. The van der Waals surface area contributed by atoms with E-state index in [-0.39, 0.29) is 17.0 Å². The zero-order chi connectivity index (χ0) is 19.7. The molecule has 0 saturated carbocycles. The molecule has 0 saturated heterocycles. The molecule has 1 N–H and O–H groups in total. The fourth-order valence-electron chi connectivity index (χ4n) is 3.07. The summed E-state index contributed by atoms with van der Waals surface area (Å²) in [6.07, 6.45) is 0. The highest BCUT2D eigenvalue weighted by atomic mass is 16.5. The van der Waals surface area contributed by atoms with Crippen molar-refractivity contribution in [2.45, 2.75) is 0 Å². The molecule has 0 radical (unpaired) electrons. The molecule has 1 aliphatic heterocycles. The number of para-hydroxylation sites is 1. The molecule has 3 aromatic rings. The predicted octanol–water partition coefficient (Wildman–Crippen LogP) is 3.75. The fraction of sp³-hybridized carbons (Fsp3) is 0.0455. The monoisotopic (exact) mass is 372 g/mol. The van der Waals surface area contributed by atoms with Crippen LogP contribution in [0.3, 0.4) is 0 Å². The predicted molar refractivity (Wildman–Crippen MR) is 105 cm³/mol. The molecule has 28 heavy (non-hydrogen) atoms. The smallest absolute Gasteiger partial charge is 0.266 e. The summed E-state index contributed by atoms with van der Waals surface area (Å²) in [5, 5.41) is 2.77. The van der Waals surface area contributed by atoms with E-state index in [1.165, 1.54) is 18.2 Å². The van der Waals surface area contributed by atoms with Crippen molar-refractivity contribution >= 4 is 29.1 Å². The minimum Gasteiger partial charge on any atom is -0.497 e. The van der Waals surface area contributed by atoms with E-state index in [4.69, 9.17) is 4.74 Å². The number of amides is 3. The Kier molecular flexibility index (Phi) is 4.37. The van der Waals surface area contributed by atoms with Crippen molar-refractivity contribution in [1.29, 1.82) is 0 Å². The Labute approximate surface area is 161 Å². The van der Waals surface area contributed by atoms with Gasteiger partial charge in [0, 0.05) is 11.3 Å². The number of ether oxygens (including phenoxy) is 1. The van der Waals surface area contributed by atoms with E-state index < -0.39 is 11.8 Å². The van der Waals surface area contributed by atoms with Gasteiger partial charge in [-0.05, 0) is 54.6 Å². The fourth-order valence-corrected chi connectivity index (χ4v) is 3.07. The third-order valence-corrected chi connectivity index (χ3v) is 4.51. The molecule has 3 aromatic carbocycles. The van der Waals surface area contributed by atoms with Gasteiger partial charge in [0.2, 0.25) is 0 Å². The summed E-state index contributed by atoms with van der Waals surface area (Å²) in [5.74, 6) is -0.523. The standard InChI is InChI=1S/C22H16N2O4/c1-28-17-10-8-15(9-11-17)23-20(25)14-7-12-18-19(13-14)22(27)24(21(18)26)16-5-3-2-4-6-16/h2-13H,1H3,(H,23,25). The lowest BCUT2D eigenvalue weighted by Crippen LogP contribution is -2.29. The van der Waals surface area contributed by atoms with Crippen LogP contribution in [0.1, 0.15) is 31.1 Å². The number of imide groups is 1. The lowest BCUT2D eigenvalue weighted by Gasteiger charge is -2.13. The Hall–Kier alpha value is -3.93. The summed E-state index contributed by atoms with van der Waals surface area (Å²) in [5.41, 5.74) is 1.90. The topological polar surface area (TPSA) is 75.7 Å². The molecule has 0 spiro atoms. The maximum atomic E-state index is 12.8. The van der Waals surface area contributed by atoms with Crippen LogP contribution in [0.25, 0.3) is 0 Å². The Balaban J connectivity index is 1.60. The van der Waals surface area contributed by atoms with E-state index >= 15 is 0 Å². The number of fused-ring (bicyclic) bond motifs is 1. The highest BCUT2D eigenvalue weighted by Crippen LogP contribution is 2.29. The van der Waals surface area contributed by atoms with Crippen LogP contribution in [0.5, 0.6) is 5.75 Å². The van der Waals surface area contributed by atoms with E-state index in [0.29, 0.717) is 22.7 Å². The largest absolute Gasteiger partial charge is 0.497 e. The molecule has 0 unspecified atom stereocenters. The van der Waals surface area contributed by atoms with Gasteiger partial charge in [-0.1, -0.05) is 18.2 Å². The quantitative estimate of drug-likeness (QED) is 0.708. The number of benzene rings is 3. The molecular formula is C22H16N2O4. The van der Waals surface area contributed by atoms with Gasteiger partial charge in [-0.2, -0.15) is 0 Å². The van der Waals surface area contributed by atoms with E-state index in [9.17, 15) is 14.4 Å². The van der Waals surface area contributed by atoms with Crippen LogP contribution in [-0.2, 0) is 0 Å². The van der Waals surface area contributed by atoms with Crippen LogP contribution >= 0.6 is 0 Å². The van der Waals surface area contributed by atoms with Crippen molar-refractivity contribution in [2.24, 2.45) is 0 Å². The molecule has 0 fully saturated rings. The van der Waals surface area contributed by atoms with Gasteiger partial charge in [0.1, 0.15) is 5.75 Å². The van der Waals surface area contributed by atoms with Crippen molar-refractivity contribution in [3.05, 3.63) is 89.5 Å². The van der Waals surface area contributed by atoms with Crippen molar-refractivity contribution in [1.82, 2.24) is 0 Å². The molecule has 0 bridgehead atoms. The Morgan fingerprint density at radius 2 is 1.54 bits per heavy atom. The number of rotatable bonds is 4. The first-order valence-electron chi connectivity index (χ1n) is 8.62. The highest BCUT2D eigenvalue weighted by Gasteiger charge is 2.37. The van der Waals surface area contributed by atoms with Crippen molar-refractivity contribution < 1.29 is 19.1 Å². The molecule has 1 heterocycles. The second-order valence-corrected chi connectivity index (χ2v) is 6.22. The number of hydrogen-bond acceptors (Lipinski definition) is 4. The summed E-state index contributed by atoms with van der Waals surface area (Å²) >= 11 is 0. The molecule has 4 rings (SSSR count). The van der Waals surface area contributed by atoms with Gasteiger partial charge in [-0.25, -0.2) is 4.90 Å². The van der Waals surface area contributed by atoms with Gasteiger partial charge in [-0.15, -0.1) is 0 Å². The van der Waals surface area contributed by atoms with Crippen molar-refractivity contribution in [3.8, 4) is 5.75 Å². The molecule has 6 nitrogen and oxygen atoms in total. The zero-order valence-corrected chi connectivity index (χ0v) is 15.0. The summed E-state index contributed by atoms with van der Waals surface area (Å²) in [6, 6.07) is 20.1. The van der Waals surface area contributed by atoms with Crippen LogP contribution < -0.4 is 15.0 Å². The molecule has 0 aromatic heterocycles. The third-order valence-electron chi connectivity index (χ3n) is 4.51. The summed E-state index contributed by atoms with van der Waals surface area (Å²) in [6.45, 7) is 0. The normalized spacial score (nSPS) is 12.7. The Morgan fingerprint density at radius 3 is 2.21 bits per heavy atom. The molecule has 6 heteroatoms. The summed E-state index contributed by atoms with van der Waals surface area (Å²) in [4.78, 5) is 39.1. The average Bonchev–Trinajstić information content (AvgIpc) is 2.99. The lowest BCUT2D eigenvalue weighted by molar-refractivity contribution is 0.0925. The van der Waals surface area contributed by atoms with Gasteiger partial charge >= 0.3 is 0 Å². The van der Waals surface area contributed by atoms with Gasteiger partial charge < -0.3 is 10.1 Å². The molecule has 0 atom stereocenters. The van der Waals surface area contributed by atoms with E-state index in [1.54, 1.807) is 55.6 Å². The average molecular weight is 372 g/mol. The number of nitrogens with zero attached hydrogens (tertiary/aromatic N) is 1. The third kappa shape index (κ3) is 3.01.